The van der Waals surface area contributed by atoms with Crippen molar-refractivity contribution in [1.82, 2.24) is 10.1 Å². The van der Waals surface area contributed by atoms with Crippen LogP contribution in [0.4, 0.5) is 5.82 Å². The van der Waals surface area contributed by atoms with Gasteiger partial charge in [0.05, 0.1) is 5.54 Å². The molecule has 0 amide bonds. The molecule has 2 heterocycles. The fraction of sp³-hybridized carbons (Fsp3) is 0.515. The van der Waals surface area contributed by atoms with E-state index >= 15 is 0 Å². The molecule has 1 fully saturated rings. The van der Waals surface area contributed by atoms with Crippen LogP contribution in [0.5, 0.6) is 0 Å². The molecule has 208 valence electrons. The SMILES string of the molecule is CCCCC1=NC2(CCCC2)CN1Cc1ccc(-c2ccccc2SNc2noc(C)c2C)c(CCCC)c1. The van der Waals surface area contributed by atoms with Crippen molar-refractivity contribution in [2.45, 2.75) is 109 Å². The lowest BCUT2D eigenvalue weighted by atomic mass is 9.94. The number of aromatic nitrogens is 1. The Morgan fingerprint density at radius 3 is 2.49 bits per heavy atom. The maximum atomic E-state index is 5.36. The fourth-order valence-electron chi connectivity index (χ4n) is 6.02. The van der Waals surface area contributed by atoms with Crippen molar-refractivity contribution in [3.8, 4) is 11.1 Å². The average Bonchev–Trinajstić information content (AvgIpc) is 3.64. The third kappa shape index (κ3) is 6.37. The van der Waals surface area contributed by atoms with Gasteiger partial charge in [-0.15, -0.1) is 0 Å². The fourth-order valence-corrected chi connectivity index (χ4v) is 6.85. The van der Waals surface area contributed by atoms with E-state index in [2.05, 4.69) is 71.1 Å². The van der Waals surface area contributed by atoms with Crippen LogP contribution in [0, 0.1) is 13.8 Å². The quantitative estimate of drug-likeness (QED) is 0.230. The Morgan fingerprint density at radius 1 is 0.974 bits per heavy atom. The summed E-state index contributed by atoms with van der Waals surface area (Å²) in [6.45, 7) is 10.6. The van der Waals surface area contributed by atoms with Crippen molar-refractivity contribution in [2.75, 3.05) is 11.3 Å². The second kappa shape index (κ2) is 12.6. The second-order valence-corrected chi connectivity index (χ2v) is 12.3. The van der Waals surface area contributed by atoms with Gasteiger partial charge in [-0.25, -0.2) is 0 Å². The van der Waals surface area contributed by atoms with E-state index in [0.29, 0.717) is 0 Å². The highest BCUT2D eigenvalue weighted by Crippen LogP contribution is 2.40. The van der Waals surface area contributed by atoms with Gasteiger partial charge in [0.1, 0.15) is 11.6 Å². The van der Waals surface area contributed by atoms with E-state index in [-0.39, 0.29) is 5.54 Å². The molecule has 5 nitrogen and oxygen atoms in total. The molecule has 0 unspecified atom stereocenters. The number of nitrogens with one attached hydrogen (secondary N) is 1. The van der Waals surface area contributed by atoms with Crippen LogP contribution in [0.1, 0.15) is 94.1 Å². The van der Waals surface area contributed by atoms with Crippen LogP contribution in [0.15, 0.2) is 56.9 Å². The number of unbranched alkanes of at least 4 members (excludes halogenated alkanes) is 2. The maximum absolute atomic E-state index is 5.36. The van der Waals surface area contributed by atoms with Gasteiger partial charge >= 0.3 is 0 Å². The van der Waals surface area contributed by atoms with Crippen molar-refractivity contribution >= 4 is 23.6 Å². The van der Waals surface area contributed by atoms with E-state index in [0.717, 1.165) is 43.1 Å². The van der Waals surface area contributed by atoms with Crippen LogP contribution < -0.4 is 4.72 Å². The first-order valence-corrected chi connectivity index (χ1v) is 15.7. The van der Waals surface area contributed by atoms with E-state index in [1.807, 2.05) is 13.8 Å². The zero-order valence-corrected chi connectivity index (χ0v) is 25.0. The molecular formula is C33H44N4OS. The summed E-state index contributed by atoms with van der Waals surface area (Å²) in [5.41, 5.74) is 6.69. The van der Waals surface area contributed by atoms with Crippen LogP contribution in [-0.2, 0) is 13.0 Å². The van der Waals surface area contributed by atoms with Crippen LogP contribution in [0.3, 0.4) is 0 Å². The van der Waals surface area contributed by atoms with Gasteiger partial charge in [0.15, 0.2) is 5.82 Å². The lowest BCUT2D eigenvalue weighted by Crippen LogP contribution is -2.33. The zero-order valence-electron chi connectivity index (χ0n) is 24.2. The van der Waals surface area contributed by atoms with Crippen molar-refractivity contribution in [3.63, 3.8) is 0 Å². The van der Waals surface area contributed by atoms with Crippen LogP contribution in [-0.4, -0.2) is 28.0 Å². The molecule has 6 heteroatoms. The topological polar surface area (TPSA) is 53.7 Å². The van der Waals surface area contributed by atoms with Crippen molar-refractivity contribution < 1.29 is 4.52 Å². The van der Waals surface area contributed by atoms with Crippen LogP contribution in [0.25, 0.3) is 11.1 Å². The first-order chi connectivity index (χ1) is 19.0. The number of aryl methyl sites for hydroxylation is 2. The molecule has 1 aromatic heterocycles. The minimum absolute atomic E-state index is 0.192. The molecule has 1 saturated carbocycles. The first-order valence-electron chi connectivity index (χ1n) is 14.9. The number of rotatable bonds is 12. The Kier molecular flexibility index (Phi) is 9.01. The molecule has 2 aliphatic rings. The van der Waals surface area contributed by atoms with Crippen molar-refractivity contribution in [1.29, 1.82) is 0 Å². The average molecular weight is 545 g/mol. The molecule has 0 atom stereocenters. The van der Waals surface area contributed by atoms with E-state index in [1.165, 1.54) is 84.4 Å². The summed E-state index contributed by atoms with van der Waals surface area (Å²) in [7, 11) is 0. The van der Waals surface area contributed by atoms with E-state index in [9.17, 15) is 0 Å². The van der Waals surface area contributed by atoms with Crippen molar-refractivity contribution in [2.24, 2.45) is 4.99 Å². The van der Waals surface area contributed by atoms with E-state index < -0.39 is 0 Å². The summed E-state index contributed by atoms with van der Waals surface area (Å²) in [5.74, 6) is 2.99. The lowest BCUT2D eigenvalue weighted by molar-refractivity contribution is 0.336. The monoisotopic (exact) mass is 544 g/mol. The number of benzene rings is 2. The first kappa shape index (κ1) is 27.8. The molecule has 39 heavy (non-hydrogen) atoms. The third-order valence-corrected chi connectivity index (χ3v) is 9.31. The van der Waals surface area contributed by atoms with Crippen LogP contribution in [0.2, 0.25) is 0 Å². The number of hydrogen-bond acceptors (Lipinski definition) is 6. The highest BCUT2D eigenvalue weighted by molar-refractivity contribution is 8.00. The smallest absolute Gasteiger partial charge is 0.182 e. The van der Waals surface area contributed by atoms with Gasteiger partial charge in [-0.1, -0.05) is 81.1 Å². The Balaban J connectivity index is 1.39. The second-order valence-electron chi connectivity index (χ2n) is 11.4. The normalized spacial score (nSPS) is 16.3. The lowest BCUT2D eigenvalue weighted by Gasteiger charge is -2.25. The van der Waals surface area contributed by atoms with E-state index in [1.54, 1.807) is 11.9 Å². The number of nitrogens with zero attached hydrogens (tertiary/aromatic N) is 3. The Labute approximate surface area is 239 Å². The summed E-state index contributed by atoms with van der Waals surface area (Å²) >= 11 is 1.61. The molecule has 0 saturated heterocycles. The zero-order chi connectivity index (χ0) is 27.2. The molecule has 3 aromatic rings. The predicted molar refractivity (Wildman–Crippen MR) is 165 cm³/mol. The molecule has 2 aromatic carbocycles. The highest BCUT2D eigenvalue weighted by atomic mass is 32.2. The number of amidine groups is 1. The Morgan fingerprint density at radius 2 is 1.74 bits per heavy atom. The Bertz CT molecular complexity index is 1290. The van der Waals surface area contributed by atoms with Crippen molar-refractivity contribution in [3.05, 3.63) is 64.9 Å². The van der Waals surface area contributed by atoms with Gasteiger partial charge in [0.2, 0.25) is 0 Å². The summed E-state index contributed by atoms with van der Waals surface area (Å²) in [6.07, 6.45) is 12.2. The van der Waals surface area contributed by atoms with Gasteiger partial charge in [-0.05, 0) is 86.2 Å². The Hall–Kier alpha value is -2.73. The number of aliphatic imine (C=N–C) groups is 1. The summed E-state index contributed by atoms with van der Waals surface area (Å²) in [6, 6.07) is 15.9. The van der Waals surface area contributed by atoms with Gasteiger partial charge in [0.25, 0.3) is 0 Å². The molecule has 1 aliphatic carbocycles. The minimum atomic E-state index is 0.192. The summed E-state index contributed by atoms with van der Waals surface area (Å²) in [5, 5.41) is 4.18. The van der Waals surface area contributed by atoms with Crippen LogP contribution >= 0.6 is 11.9 Å². The predicted octanol–water partition coefficient (Wildman–Crippen LogP) is 9.14. The largest absolute Gasteiger partial charge is 0.359 e. The van der Waals surface area contributed by atoms with Gasteiger partial charge in [0, 0.05) is 30.0 Å². The minimum Gasteiger partial charge on any atom is -0.359 e. The summed E-state index contributed by atoms with van der Waals surface area (Å²) < 4.78 is 8.77. The molecule has 1 spiro atoms. The molecular weight excluding hydrogens is 500 g/mol. The van der Waals surface area contributed by atoms with Gasteiger partial charge < -0.3 is 14.1 Å². The molecule has 1 N–H and O–H groups in total. The molecule has 5 rings (SSSR count). The maximum Gasteiger partial charge on any atom is 0.182 e. The highest BCUT2D eigenvalue weighted by Gasteiger charge is 2.41. The summed E-state index contributed by atoms with van der Waals surface area (Å²) in [4.78, 5) is 9.16. The molecule has 0 radical (unpaired) electrons. The number of anilines is 1. The number of hydrogen-bond donors (Lipinski definition) is 1. The molecule has 0 bridgehead atoms. The van der Waals surface area contributed by atoms with Gasteiger partial charge in [-0.3, -0.25) is 4.99 Å². The van der Waals surface area contributed by atoms with Gasteiger partial charge in [-0.2, -0.15) is 0 Å². The molecule has 1 aliphatic heterocycles. The van der Waals surface area contributed by atoms with E-state index in [4.69, 9.17) is 9.52 Å². The standard InChI is InChI=1S/C33H44N4OS/c1-5-7-13-27-21-26(22-37-23-33(19-11-12-20-33)34-31(37)16-8-6-2)17-18-28(27)29-14-9-10-15-30(29)39-36-32-24(3)25(4)38-35-32/h9-10,14-15,17-18,21H,5-8,11-13,16,19-20,22-23H2,1-4H3,(H,35,36). The third-order valence-electron chi connectivity index (χ3n) is 8.44.